The Balaban J connectivity index is 2.38. The normalized spacial score (nSPS) is 11.9. The molecule has 17 heavy (non-hydrogen) atoms. The molecule has 0 saturated heterocycles. The highest BCUT2D eigenvalue weighted by Gasteiger charge is 2.22. The SMILES string of the molecule is O=S(=O)(c1ccc(-c2nn[nH]n2)cc1)C(Br)Br. The first-order valence-corrected chi connectivity index (χ1v) is 7.75. The largest absolute Gasteiger partial charge is 0.222 e. The number of hydrogen-bond donors (Lipinski definition) is 1. The van der Waals surface area contributed by atoms with E-state index in [1.54, 1.807) is 12.1 Å². The first-order valence-electron chi connectivity index (χ1n) is 4.38. The summed E-state index contributed by atoms with van der Waals surface area (Å²) in [6.45, 7) is 0. The van der Waals surface area contributed by atoms with E-state index in [2.05, 4.69) is 52.5 Å². The van der Waals surface area contributed by atoms with Crippen molar-refractivity contribution in [1.82, 2.24) is 20.6 Å². The topological polar surface area (TPSA) is 88.6 Å². The second-order valence-electron chi connectivity index (χ2n) is 3.07. The van der Waals surface area contributed by atoms with E-state index in [9.17, 15) is 8.42 Å². The molecule has 2 rings (SSSR count). The molecule has 2 aromatic rings. The Morgan fingerprint density at radius 1 is 1.18 bits per heavy atom. The molecule has 0 aliphatic heterocycles. The van der Waals surface area contributed by atoms with Crippen LogP contribution in [-0.4, -0.2) is 32.1 Å². The van der Waals surface area contributed by atoms with E-state index in [0.29, 0.717) is 11.4 Å². The summed E-state index contributed by atoms with van der Waals surface area (Å²) in [5.41, 5.74) is 0.693. The van der Waals surface area contributed by atoms with Crippen LogP contribution >= 0.6 is 31.9 Å². The Labute approximate surface area is 114 Å². The van der Waals surface area contributed by atoms with Gasteiger partial charge in [0, 0.05) is 5.56 Å². The Bertz CT molecular complexity index is 595. The fourth-order valence-electron chi connectivity index (χ4n) is 1.18. The Morgan fingerprint density at radius 3 is 2.29 bits per heavy atom. The molecule has 0 amide bonds. The molecule has 0 aliphatic carbocycles. The van der Waals surface area contributed by atoms with Gasteiger partial charge in [-0.2, -0.15) is 5.21 Å². The van der Waals surface area contributed by atoms with Crippen LogP contribution in [0.15, 0.2) is 29.2 Å². The third-order valence-electron chi connectivity index (χ3n) is 2.02. The molecule has 0 spiro atoms. The van der Waals surface area contributed by atoms with Gasteiger partial charge in [0.2, 0.25) is 15.7 Å². The number of tetrazole rings is 1. The smallest absolute Gasteiger partial charge is 0.204 e. The van der Waals surface area contributed by atoms with Crippen LogP contribution in [0.3, 0.4) is 0 Å². The van der Waals surface area contributed by atoms with Gasteiger partial charge in [-0.1, -0.05) is 31.9 Å². The van der Waals surface area contributed by atoms with E-state index in [4.69, 9.17) is 0 Å². The van der Waals surface area contributed by atoms with Crippen molar-refractivity contribution in [2.24, 2.45) is 0 Å². The number of H-pyrrole nitrogens is 1. The first kappa shape index (κ1) is 12.7. The van der Waals surface area contributed by atoms with Gasteiger partial charge in [-0.05, 0) is 29.5 Å². The number of alkyl halides is 2. The summed E-state index contributed by atoms with van der Waals surface area (Å²) in [6.07, 6.45) is 0. The maximum Gasteiger partial charge on any atom is 0.204 e. The average Bonchev–Trinajstić information content (AvgIpc) is 2.82. The lowest BCUT2D eigenvalue weighted by Gasteiger charge is -2.05. The van der Waals surface area contributed by atoms with Crippen LogP contribution < -0.4 is 0 Å². The lowest BCUT2D eigenvalue weighted by atomic mass is 10.2. The fraction of sp³-hybridized carbons (Fsp3) is 0.125. The second-order valence-corrected chi connectivity index (χ2v) is 9.37. The summed E-state index contributed by atoms with van der Waals surface area (Å²) in [5.74, 6) is 0.420. The molecule has 1 N–H and O–H groups in total. The zero-order chi connectivity index (χ0) is 12.5. The van der Waals surface area contributed by atoms with Gasteiger partial charge >= 0.3 is 0 Å². The average molecular weight is 382 g/mol. The number of aromatic nitrogens is 4. The van der Waals surface area contributed by atoms with Crippen LogP contribution in [0.1, 0.15) is 0 Å². The van der Waals surface area contributed by atoms with E-state index >= 15 is 0 Å². The second kappa shape index (κ2) is 4.83. The molecule has 0 fully saturated rings. The van der Waals surface area contributed by atoms with Gasteiger partial charge in [0.05, 0.1) is 4.90 Å². The van der Waals surface area contributed by atoms with Crippen LogP contribution in [0, 0.1) is 0 Å². The summed E-state index contributed by atoms with van der Waals surface area (Å²) in [5, 5.41) is 13.4. The quantitative estimate of drug-likeness (QED) is 0.817. The third kappa shape index (κ3) is 2.55. The van der Waals surface area contributed by atoms with Crippen LogP contribution in [0.4, 0.5) is 0 Å². The molecule has 1 aromatic carbocycles. The molecule has 0 aliphatic rings. The van der Waals surface area contributed by atoms with Crippen molar-refractivity contribution >= 4 is 41.7 Å². The fourth-order valence-corrected chi connectivity index (χ4v) is 3.20. The molecule has 0 unspecified atom stereocenters. The molecule has 6 nitrogen and oxygen atoms in total. The number of rotatable bonds is 3. The van der Waals surface area contributed by atoms with E-state index in [1.807, 2.05) is 0 Å². The minimum atomic E-state index is -3.39. The van der Waals surface area contributed by atoms with Crippen LogP contribution in [0.2, 0.25) is 0 Å². The highest BCUT2D eigenvalue weighted by atomic mass is 79.9. The van der Waals surface area contributed by atoms with Gasteiger partial charge in [-0.25, -0.2) is 8.42 Å². The molecule has 90 valence electrons. The van der Waals surface area contributed by atoms with Gasteiger partial charge in [0.25, 0.3) is 0 Å². The van der Waals surface area contributed by atoms with Gasteiger partial charge < -0.3 is 0 Å². The molecule has 0 saturated carbocycles. The molecular formula is C8H6Br2N4O2S. The number of hydrogen-bond acceptors (Lipinski definition) is 5. The predicted molar refractivity (Wildman–Crippen MR) is 68.4 cm³/mol. The maximum atomic E-state index is 11.8. The van der Waals surface area contributed by atoms with Crippen molar-refractivity contribution in [3.8, 4) is 11.4 Å². The highest BCUT2D eigenvalue weighted by Crippen LogP contribution is 2.26. The van der Waals surface area contributed by atoms with Gasteiger partial charge in [-0.3, -0.25) is 0 Å². The molecule has 1 aromatic heterocycles. The van der Waals surface area contributed by atoms with E-state index < -0.39 is 12.9 Å². The minimum absolute atomic E-state index is 0.212. The van der Waals surface area contributed by atoms with Crippen molar-refractivity contribution in [2.45, 2.75) is 7.96 Å². The van der Waals surface area contributed by atoms with Gasteiger partial charge in [-0.15, -0.1) is 10.2 Å². The standard InChI is InChI=1S/C8H6Br2N4O2S/c9-8(10)17(15,16)6-3-1-5(2-4-6)7-11-13-14-12-7/h1-4,8H,(H,11,12,13,14). The number of halogens is 2. The lowest BCUT2D eigenvalue weighted by molar-refractivity contribution is 0.600. The zero-order valence-electron chi connectivity index (χ0n) is 8.21. The number of nitrogens with zero attached hydrogens (tertiary/aromatic N) is 3. The summed E-state index contributed by atoms with van der Waals surface area (Å²) in [6, 6.07) is 6.24. The maximum absolute atomic E-state index is 11.8. The van der Waals surface area contributed by atoms with Crippen LogP contribution in [0.25, 0.3) is 11.4 Å². The summed E-state index contributed by atoms with van der Waals surface area (Å²) in [4.78, 5) is 0.212. The monoisotopic (exact) mass is 380 g/mol. The van der Waals surface area contributed by atoms with Gasteiger partial charge in [0.15, 0.2) is 3.07 Å². The molecule has 1 heterocycles. The Morgan fingerprint density at radius 2 is 1.82 bits per heavy atom. The molecule has 0 bridgehead atoms. The van der Waals surface area contributed by atoms with Crippen LogP contribution in [-0.2, 0) is 9.84 Å². The van der Waals surface area contributed by atoms with E-state index in [1.165, 1.54) is 12.1 Å². The van der Waals surface area contributed by atoms with E-state index in [-0.39, 0.29) is 4.90 Å². The highest BCUT2D eigenvalue weighted by molar-refractivity contribution is 9.27. The Hall–Kier alpha value is -0.800. The lowest BCUT2D eigenvalue weighted by Crippen LogP contribution is -2.08. The summed E-state index contributed by atoms with van der Waals surface area (Å²) in [7, 11) is -3.39. The Kier molecular flexibility index (Phi) is 3.59. The number of benzene rings is 1. The number of sulfone groups is 1. The number of aromatic amines is 1. The summed E-state index contributed by atoms with van der Waals surface area (Å²) < 4.78 is 22.8. The number of nitrogens with one attached hydrogen (secondary N) is 1. The molecular weight excluding hydrogens is 376 g/mol. The van der Waals surface area contributed by atoms with E-state index in [0.717, 1.165) is 0 Å². The van der Waals surface area contributed by atoms with Crippen molar-refractivity contribution in [1.29, 1.82) is 0 Å². The molecule has 9 heteroatoms. The third-order valence-corrected chi connectivity index (χ3v) is 6.37. The van der Waals surface area contributed by atoms with Crippen molar-refractivity contribution in [3.05, 3.63) is 24.3 Å². The minimum Gasteiger partial charge on any atom is -0.222 e. The first-order chi connectivity index (χ1) is 8.01. The zero-order valence-corrected chi connectivity index (χ0v) is 12.2. The van der Waals surface area contributed by atoms with Crippen molar-refractivity contribution < 1.29 is 8.42 Å². The van der Waals surface area contributed by atoms with Crippen molar-refractivity contribution in [3.63, 3.8) is 0 Å². The predicted octanol–water partition coefficient (Wildman–Crippen LogP) is 1.71. The molecule has 0 radical (unpaired) electrons. The summed E-state index contributed by atoms with van der Waals surface area (Å²) >= 11 is 5.96. The van der Waals surface area contributed by atoms with Crippen LogP contribution in [0.5, 0.6) is 0 Å². The van der Waals surface area contributed by atoms with Crippen molar-refractivity contribution in [2.75, 3.05) is 0 Å². The molecule has 0 atom stereocenters. The van der Waals surface area contributed by atoms with Gasteiger partial charge in [0.1, 0.15) is 0 Å².